The van der Waals surface area contributed by atoms with Gasteiger partial charge in [-0.25, -0.2) is 9.97 Å². The van der Waals surface area contributed by atoms with Gasteiger partial charge in [0.05, 0.1) is 11.2 Å². The number of aromatic nitrogens is 2. The Morgan fingerprint density at radius 2 is 0.938 bits per heavy atom. The van der Waals surface area contributed by atoms with E-state index in [2.05, 4.69) is 97.1 Å². The first-order chi connectivity index (χ1) is 15.9. The maximum absolute atomic E-state index is 5.08. The number of fused-ring (bicyclic) bond motifs is 3. The van der Waals surface area contributed by atoms with Crippen LogP contribution in [0.1, 0.15) is 0 Å². The Morgan fingerprint density at radius 1 is 0.406 bits per heavy atom. The molecule has 2 nitrogen and oxygen atoms in total. The van der Waals surface area contributed by atoms with Gasteiger partial charge < -0.3 is 0 Å². The van der Waals surface area contributed by atoms with Crippen LogP contribution in [0.5, 0.6) is 0 Å². The Morgan fingerprint density at radius 3 is 1.59 bits per heavy atom. The van der Waals surface area contributed by atoms with Crippen LogP contribution in [0.3, 0.4) is 0 Å². The van der Waals surface area contributed by atoms with Gasteiger partial charge in [0, 0.05) is 21.9 Å². The van der Waals surface area contributed by atoms with Crippen LogP contribution in [0, 0.1) is 0 Å². The zero-order valence-electron chi connectivity index (χ0n) is 17.4. The van der Waals surface area contributed by atoms with Crippen molar-refractivity contribution in [2.24, 2.45) is 0 Å². The summed E-state index contributed by atoms with van der Waals surface area (Å²) < 4.78 is 0. The van der Waals surface area contributed by atoms with Crippen molar-refractivity contribution < 1.29 is 0 Å². The van der Waals surface area contributed by atoms with Crippen molar-refractivity contribution in [1.82, 2.24) is 9.97 Å². The second kappa shape index (κ2) is 7.75. The molecule has 0 N–H and O–H groups in total. The fraction of sp³-hybridized carbons (Fsp3) is 0. The number of hydrogen-bond donors (Lipinski definition) is 0. The summed E-state index contributed by atoms with van der Waals surface area (Å²) in [6.45, 7) is 0. The van der Waals surface area contributed by atoms with Crippen LogP contribution < -0.4 is 0 Å². The van der Waals surface area contributed by atoms with Gasteiger partial charge in [0.15, 0.2) is 5.82 Å². The first-order valence-corrected chi connectivity index (χ1v) is 10.8. The highest BCUT2D eigenvalue weighted by Crippen LogP contribution is 2.38. The second-order valence-electron chi connectivity index (χ2n) is 7.86. The van der Waals surface area contributed by atoms with E-state index in [4.69, 9.17) is 9.97 Å². The van der Waals surface area contributed by atoms with E-state index in [9.17, 15) is 0 Å². The number of benzene rings is 5. The normalized spacial score (nSPS) is 11.1. The van der Waals surface area contributed by atoms with Crippen LogP contribution in [-0.2, 0) is 0 Å². The summed E-state index contributed by atoms with van der Waals surface area (Å²) in [6, 6.07) is 41.9. The zero-order chi connectivity index (χ0) is 21.3. The lowest BCUT2D eigenvalue weighted by Crippen LogP contribution is -1.97. The molecule has 6 aromatic rings. The van der Waals surface area contributed by atoms with E-state index in [1.54, 1.807) is 0 Å². The minimum atomic E-state index is 0.745. The van der Waals surface area contributed by atoms with Gasteiger partial charge in [-0.1, -0.05) is 115 Å². The molecule has 0 fully saturated rings. The number of nitrogens with zero attached hydrogens (tertiary/aromatic N) is 2. The largest absolute Gasteiger partial charge is 0.227 e. The molecule has 5 aromatic carbocycles. The van der Waals surface area contributed by atoms with Gasteiger partial charge in [-0.2, -0.15) is 0 Å². The molecule has 6 rings (SSSR count). The highest BCUT2D eigenvalue weighted by molar-refractivity contribution is 6.15. The molecule has 32 heavy (non-hydrogen) atoms. The summed E-state index contributed by atoms with van der Waals surface area (Å²) in [5.41, 5.74) is 6.43. The molecule has 0 spiro atoms. The van der Waals surface area contributed by atoms with Crippen molar-refractivity contribution >= 4 is 21.7 Å². The van der Waals surface area contributed by atoms with Gasteiger partial charge in [0.2, 0.25) is 0 Å². The van der Waals surface area contributed by atoms with Crippen LogP contribution in [0.25, 0.3) is 55.4 Å². The van der Waals surface area contributed by atoms with Crippen molar-refractivity contribution in [3.05, 3.63) is 121 Å². The maximum atomic E-state index is 5.08. The average molecular weight is 409 g/mol. The van der Waals surface area contributed by atoms with Crippen LogP contribution in [0.4, 0.5) is 0 Å². The summed E-state index contributed by atoms with van der Waals surface area (Å²) >= 11 is 0. The molecular weight excluding hydrogens is 388 g/mol. The molecule has 0 unspecified atom stereocenters. The van der Waals surface area contributed by atoms with Crippen LogP contribution in [0.2, 0.25) is 0 Å². The molecular formula is C30H20N2. The van der Waals surface area contributed by atoms with Gasteiger partial charge >= 0.3 is 0 Å². The smallest absolute Gasteiger partial charge is 0.160 e. The number of rotatable bonds is 3. The molecule has 0 radical (unpaired) electrons. The lowest BCUT2D eigenvalue weighted by atomic mass is 9.93. The number of hydrogen-bond acceptors (Lipinski definition) is 2. The lowest BCUT2D eigenvalue weighted by Gasteiger charge is -2.15. The third kappa shape index (κ3) is 3.14. The van der Waals surface area contributed by atoms with Crippen molar-refractivity contribution in [2.75, 3.05) is 0 Å². The molecule has 0 aliphatic carbocycles. The molecule has 150 valence electrons. The van der Waals surface area contributed by atoms with E-state index in [-0.39, 0.29) is 0 Å². The third-order valence-electron chi connectivity index (χ3n) is 5.87. The predicted octanol–water partition coefficient (Wildman–Crippen LogP) is 7.78. The van der Waals surface area contributed by atoms with Gasteiger partial charge in [0.25, 0.3) is 0 Å². The Labute approximate surface area is 186 Å². The van der Waals surface area contributed by atoms with Crippen LogP contribution >= 0.6 is 0 Å². The highest BCUT2D eigenvalue weighted by Gasteiger charge is 2.16. The fourth-order valence-corrected chi connectivity index (χ4v) is 4.35. The minimum Gasteiger partial charge on any atom is -0.227 e. The zero-order valence-corrected chi connectivity index (χ0v) is 17.4. The lowest BCUT2D eigenvalue weighted by molar-refractivity contribution is 1.23. The molecule has 0 bridgehead atoms. The monoisotopic (exact) mass is 408 g/mol. The summed E-state index contributed by atoms with van der Waals surface area (Å²) in [6.07, 6.45) is 0. The van der Waals surface area contributed by atoms with E-state index < -0.39 is 0 Å². The van der Waals surface area contributed by atoms with Crippen LogP contribution in [-0.4, -0.2) is 9.97 Å². The third-order valence-corrected chi connectivity index (χ3v) is 5.87. The van der Waals surface area contributed by atoms with E-state index in [1.807, 2.05) is 24.3 Å². The van der Waals surface area contributed by atoms with Crippen molar-refractivity contribution in [3.63, 3.8) is 0 Å². The molecule has 2 heteroatoms. The van der Waals surface area contributed by atoms with Gasteiger partial charge in [-0.3, -0.25) is 0 Å². The molecule has 0 saturated heterocycles. The Bertz CT molecular complexity index is 1540. The van der Waals surface area contributed by atoms with E-state index >= 15 is 0 Å². The van der Waals surface area contributed by atoms with E-state index in [0.29, 0.717) is 0 Å². The van der Waals surface area contributed by atoms with Crippen molar-refractivity contribution in [2.45, 2.75) is 0 Å². The highest BCUT2D eigenvalue weighted by atomic mass is 14.9. The summed E-state index contributed by atoms with van der Waals surface area (Å²) in [5, 5.41) is 3.40. The average Bonchev–Trinajstić information content (AvgIpc) is 2.89. The Balaban J connectivity index is 1.77. The summed E-state index contributed by atoms with van der Waals surface area (Å²) in [5.74, 6) is 0.745. The SMILES string of the molecule is c1ccc(-c2nc(-c3ccccc3)c3cc(-c4ccccc4)c4ccccc4c3n2)cc1. The molecule has 0 saturated carbocycles. The predicted molar refractivity (Wildman–Crippen MR) is 133 cm³/mol. The van der Waals surface area contributed by atoms with Gasteiger partial charge in [-0.05, 0) is 22.6 Å². The molecule has 0 amide bonds. The molecule has 0 aliphatic rings. The molecule has 1 heterocycles. The van der Waals surface area contributed by atoms with E-state index in [0.717, 1.165) is 38.9 Å². The minimum absolute atomic E-state index is 0.745. The topological polar surface area (TPSA) is 25.8 Å². The van der Waals surface area contributed by atoms with Crippen LogP contribution in [0.15, 0.2) is 121 Å². The Hall–Kier alpha value is -4.30. The van der Waals surface area contributed by atoms with E-state index in [1.165, 1.54) is 16.5 Å². The van der Waals surface area contributed by atoms with Crippen molar-refractivity contribution in [1.29, 1.82) is 0 Å². The summed E-state index contributed by atoms with van der Waals surface area (Å²) in [4.78, 5) is 10.2. The summed E-state index contributed by atoms with van der Waals surface area (Å²) in [7, 11) is 0. The maximum Gasteiger partial charge on any atom is 0.160 e. The first kappa shape index (κ1) is 18.5. The van der Waals surface area contributed by atoms with Crippen molar-refractivity contribution in [3.8, 4) is 33.8 Å². The quantitative estimate of drug-likeness (QED) is 0.279. The molecule has 0 aliphatic heterocycles. The Kier molecular flexibility index (Phi) is 4.47. The second-order valence-corrected chi connectivity index (χ2v) is 7.86. The first-order valence-electron chi connectivity index (χ1n) is 10.8. The molecule has 0 atom stereocenters. The van der Waals surface area contributed by atoms with Gasteiger partial charge in [-0.15, -0.1) is 0 Å². The molecule has 1 aromatic heterocycles. The van der Waals surface area contributed by atoms with Gasteiger partial charge in [0.1, 0.15) is 0 Å². The fourth-order valence-electron chi connectivity index (χ4n) is 4.35. The standard InChI is InChI=1S/C30H20N2/c1-4-12-21(13-5-1)26-20-27-28(22-14-6-2-7-15-22)31-30(23-16-8-3-9-17-23)32-29(27)25-19-11-10-18-24(25)26/h1-20H.